The fourth-order valence-electron chi connectivity index (χ4n) is 7.54. The molecule has 0 unspecified atom stereocenters. The number of rotatable bonds is 5. The van der Waals surface area contributed by atoms with E-state index < -0.39 is 0 Å². The molecule has 0 amide bonds. The topological polar surface area (TPSA) is 0 Å². The van der Waals surface area contributed by atoms with Crippen molar-refractivity contribution in [2.24, 2.45) is 0 Å². The summed E-state index contributed by atoms with van der Waals surface area (Å²) in [7, 11) is 0. The molecule has 0 saturated heterocycles. The van der Waals surface area contributed by atoms with Gasteiger partial charge in [-0.05, 0) is 88.0 Å². The van der Waals surface area contributed by atoms with Crippen molar-refractivity contribution in [1.82, 2.24) is 0 Å². The van der Waals surface area contributed by atoms with Gasteiger partial charge in [0.05, 0.1) is 0 Å². The van der Waals surface area contributed by atoms with Gasteiger partial charge in [0.1, 0.15) is 0 Å². The van der Waals surface area contributed by atoms with Crippen molar-refractivity contribution < 1.29 is 0 Å². The Kier molecular flexibility index (Phi) is 6.91. The quantitative estimate of drug-likeness (QED) is 0.171. The van der Waals surface area contributed by atoms with E-state index in [0.717, 1.165) is 0 Å². The van der Waals surface area contributed by atoms with Crippen LogP contribution in [0.15, 0.2) is 194 Å². The highest BCUT2D eigenvalue weighted by atomic mass is 14.2. The summed E-state index contributed by atoms with van der Waals surface area (Å²) in [6.07, 6.45) is 0. The summed E-state index contributed by atoms with van der Waals surface area (Å²) in [5.74, 6) is 0. The fraction of sp³-hybridized carbons (Fsp3) is 0. The summed E-state index contributed by atoms with van der Waals surface area (Å²) in [4.78, 5) is 0. The Labute approximate surface area is 281 Å². The second-order valence-electron chi connectivity index (χ2n) is 12.4. The Morgan fingerprint density at radius 1 is 0.188 bits per heavy atom. The predicted molar refractivity (Wildman–Crippen MR) is 206 cm³/mol. The molecule has 0 nitrogen and oxygen atoms in total. The summed E-state index contributed by atoms with van der Waals surface area (Å²) in [5, 5.41) is 7.57. The van der Waals surface area contributed by atoms with Crippen LogP contribution in [0, 0.1) is 0 Å². The van der Waals surface area contributed by atoms with Gasteiger partial charge in [-0.15, -0.1) is 0 Å². The molecular weight excluding hydrogens is 577 g/mol. The second-order valence-corrected chi connectivity index (χ2v) is 12.4. The molecule has 0 aromatic heterocycles. The molecule has 9 aromatic rings. The van der Waals surface area contributed by atoms with Gasteiger partial charge in [-0.1, -0.05) is 194 Å². The molecule has 0 bridgehead atoms. The first kappa shape index (κ1) is 28.0. The van der Waals surface area contributed by atoms with E-state index in [1.807, 2.05) is 0 Å². The van der Waals surface area contributed by atoms with Gasteiger partial charge in [-0.3, -0.25) is 0 Å². The zero-order valence-electron chi connectivity index (χ0n) is 26.5. The molecule has 0 aliphatic rings. The van der Waals surface area contributed by atoms with Gasteiger partial charge in [-0.2, -0.15) is 0 Å². The Balaban J connectivity index is 1.35. The van der Waals surface area contributed by atoms with Gasteiger partial charge in [0.15, 0.2) is 0 Å². The lowest BCUT2D eigenvalue weighted by Gasteiger charge is -2.22. The van der Waals surface area contributed by atoms with Crippen LogP contribution in [0.1, 0.15) is 0 Å². The molecule has 9 rings (SSSR count). The Morgan fingerprint density at radius 3 is 1.21 bits per heavy atom. The van der Waals surface area contributed by atoms with Crippen molar-refractivity contribution >= 4 is 32.3 Å². The van der Waals surface area contributed by atoms with Crippen molar-refractivity contribution in [3.8, 4) is 55.6 Å². The first-order valence-electron chi connectivity index (χ1n) is 16.6. The van der Waals surface area contributed by atoms with E-state index in [0.29, 0.717) is 0 Å². The Bertz CT molecular complexity index is 2510. The second kappa shape index (κ2) is 11.8. The maximum absolute atomic E-state index is 2.32. The monoisotopic (exact) mass is 608 g/mol. The van der Waals surface area contributed by atoms with Crippen LogP contribution in [0.25, 0.3) is 88.0 Å². The standard InChI is InChI=1S/C48H32/c1-3-15-33(16-4-1)34-29-31-36(32-30-34)39-26-14-28-45(46(39)37-18-5-2-6-19-37)48-43-24-11-9-22-41(43)47(42-23-10-12-25-44(42)48)40-27-13-20-35-17-7-8-21-38(35)40/h1-32H. The van der Waals surface area contributed by atoms with Crippen molar-refractivity contribution in [2.45, 2.75) is 0 Å². The molecule has 224 valence electrons. The molecule has 0 aliphatic carbocycles. The minimum Gasteiger partial charge on any atom is -0.0622 e. The third-order valence-electron chi connectivity index (χ3n) is 9.69. The van der Waals surface area contributed by atoms with E-state index in [1.54, 1.807) is 0 Å². The smallest absolute Gasteiger partial charge is 0.00199 e. The van der Waals surface area contributed by atoms with E-state index in [9.17, 15) is 0 Å². The third kappa shape index (κ3) is 4.70. The van der Waals surface area contributed by atoms with Crippen LogP contribution in [-0.2, 0) is 0 Å². The molecule has 9 aromatic carbocycles. The minimum absolute atomic E-state index is 1.20. The average Bonchev–Trinajstić information content (AvgIpc) is 3.17. The molecule has 0 spiro atoms. The molecule has 0 saturated carbocycles. The lowest BCUT2D eigenvalue weighted by Crippen LogP contribution is -1.95. The van der Waals surface area contributed by atoms with Crippen molar-refractivity contribution in [3.05, 3.63) is 194 Å². The molecular formula is C48H32. The van der Waals surface area contributed by atoms with Gasteiger partial charge in [0, 0.05) is 0 Å². The van der Waals surface area contributed by atoms with Gasteiger partial charge in [0.2, 0.25) is 0 Å². The largest absolute Gasteiger partial charge is 0.0622 e. The molecule has 48 heavy (non-hydrogen) atoms. The van der Waals surface area contributed by atoms with Crippen LogP contribution in [0.5, 0.6) is 0 Å². The maximum atomic E-state index is 2.32. The van der Waals surface area contributed by atoms with E-state index in [1.165, 1.54) is 88.0 Å². The van der Waals surface area contributed by atoms with Crippen LogP contribution < -0.4 is 0 Å². The fourth-order valence-corrected chi connectivity index (χ4v) is 7.54. The third-order valence-corrected chi connectivity index (χ3v) is 9.69. The lowest BCUT2D eigenvalue weighted by molar-refractivity contribution is 1.56. The number of fused-ring (bicyclic) bond motifs is 3. The van der Waals surface area contributed by atoms with E-state index in [2.05, 4.69) is 194 Å². The van der Waals surface area contributed by atoms with Gasteiger partial charge in [-0.25, -0.2) is 0 Å². The van der Waals surface area contributed by atoms with Crippen LogP contribution in [0.4, 0.5) is 0 Å². The lowest BCUT2D eigenvalue weighted by atomic mass is 9.81. The van der Waals surface area contributed by atoms with Crippen molar-refractivity contribution in [2.75, 3.05) is 0 Å². The number of hydrogen-bond acceptors (Lipinski definition) is 0. The van der Waals surface area contributed by atoms with Crippen LogP contribution in [0.2, 0.25) is 0 Å². The average molecular weight is 609 g/mol. The van der Waals surface area contributed by atoms with E-state index in [-0.39, 0.29) is 0 Å². The highest BCUT2D eigenvalue weighted by Crippen LogP contribution is 2.49. The Hall–Kier alpha value is -6.24. The summed E-state index contributed by atoms with van der Waals surface area (Å²) in [6.45, 7) is 0. The van der Waals surface area contributed by atoms with Crippen molar-refractivity contribution in [3.63, 3.8) is 0 Å². The van der Waals surface area contributed by atoms with Crippen molar-refractivity contribution in [1.29, 1.82) is 0 Å². The van der Waals surface area contributed by atoms with Gasteiger partial charge >= 0.3 is 0 Å². The minimum atomic E-state index is 1.20. The zero-order chi connectivity index (χ0) is 31.9. The molecule has 0 fully saturated rings. The van der Waals surface area contributed by atoms with E-state index >= 15 is 0 Å². The van der Waals surface area contributed by atoms with Crippen LogP contribution in [0.3, 0.4) is 0 Å². The predicted octanol–water partition coefficient (Wildman–Crippen LogP) is 13.5. The summed E-state index contributed by atoms with van der Waals surface area (Å²) in [6, 6.07) is 70.7. The van der Waals surface area contributed by atoms with E-state index in [4.69, 9.17) is 0 Å². The molecule has 0 heteroatoms. The maximum Gasteiger partial charge on any atom is -0.00199 e. The summed E-state index contributed by atoms with van der Waals surface area (Å²) >= 11 is 0. The normalized spacial score (nSPS) is 11.3. The zero-order valence-corrected chi connectivity index (χ0v) is 26.5. The van der Waals surface area contributed by atoms with Gasteiger partial charge in [0.25, 0.3) is 0 Å². The molecule has 0 N–H and O–H groups in total. The number of hydrogen-bond donors (Lipinski definition) is 0. The molecule has 0 atom stereocenters. The number of benzene rings is 9. The van der Waals surface area contributed by atoms with Crippen LogP contribution in [-0.4, -0.2) is 0 Å². The summed E-state index contributed by atoms with van der Waals surface area (Å²) < 4.78 is 0. The highest BCUT2D eigenvalue weighted by molar-refractivity contribution is 6.24. The Morgan fingerprint density at radius 2 is 0.583 bits per heavy atom. The molecule has 0 radical (unpaired) electrons. The first-order valence-corrected chi connectivity index (χ1v) is 16.6. The summed E-state index contributed by atoms with van der Waals surface area (Å²) in [5.41, 5.74) is 12.4. The first-order chi connectivity index (χ1) is 23.8. The van der Waals surface area contributed by atoms with Crippen LogP contribution >= 0.6 is 0 Å². The SMILES string of the molecule is c1ccc(-c2ccc(-c3cccc(-c4c5ccccc5c(-c5cccc6ccccc56)c5ccccc45)c3-c3ccccc3)cc2)cc1. The highest BCUT2D eigenvalue weighted by Gasteiger charge is 2.21. The molecule has 0 aliphatic heterocycles. The molecule has 0 heterocycles. The van der Waals surface area contributed by atoms with Gasteiger partial charge < -0.3 is 0 Å².